The molecule has 2 atom stereocenters. The molecule has 0 spiro atoms. The molecule has 0 heterocycles. The third kappa shape index (κ3) is 11.8. The van der Waals surface area contributed by atoms with E-state index in [-0.39, 0.29) is 11.8 Å². The van der Waals surface area contributed by atoms with Gasteiger partial charge < -0.3 is 9.47 Å². The first kappa shape index (κ1) is 27.1. The van der Waals surface area contributed by atoms with Gasteiger partial charge in [0.2, 0.25) is 12.6 Å². The molecule has 0 radical (unpaired) electrons. The fraction of sp³-hybridized carbons (Fsp3) is 0.952. The lowest BCUT2D eigenvalue weighted by Gasteiger charge is -2.29. The van der Waals surface area contributed by atoms with Crippen LogP contribution in [0, 0.1) is 11.8 Å². The van der Waals surface area contributed by atoms with Gasteiger partial charge in [0.1, 0.15) is 0 Å². The second kappa shape index (κ2) is 12.6. The minimum Gasteiger partial charge on any atom is -0.401 e. The lowest BCUT2D eigenvalue weighted by molar-refractivity contribution is -0.432. The average Bonchev–Trinajstić information content (AvgIpc) is 2.54. The fourth-order valence-corrected chi connectivity index (χ4v) is 2.39. The molecule has 0 aliphatic carbocycles. The van der Waals surface area contributed by atoms with Crippen LogP contribution in [-0.4, -0.2) is 29.9 Å². The number of hydrogen-bond acceptors (Lipinski definition) is 7. The normalized spacial score (nSPS) is 15.0. The van der Waals surface area contributed by atoms with Crippen molar-refractivity contribution in [3.63, 3.8) is 0 Å². The minimum absolute atomic E-state index is 0.122. The highest BCUT2D eigenvalue weighted by Gasteiger charge is 2.30. The summed E-state index contributed by atoms with van der Waals surface area (Å²) in [5.41, 5.74) is -0.950. The Labute approximate surface area is 171 Å². The first-order valence-corrected chi connectivity index (χ1v) is 10.4. The molecule has 0 bridgehead atoms. The Morgan fingerprint density at radius 1 is 0.714 bits per heavy atom. The van der Waals surface area contributed by atoms with Crippen LogP contribution >= 0.6 is 0 Å². The van der Waals surface area contributed by atoms with E-state index in [1.165, 1.54) is 0 Å². The van der Waals surface area contributed by atoms with Gasteiger partial charge in [0.05, 0.1) is 11.2 Å². The summed E-state index contributed by atoms with van der Waals surface area (Å²) in [6.45, 7) is 19.3. The highest BCUT2D eigenvalue weighted by molar-refractivity contribution is 5.60. The molecule has 0 aromatic carbocycles. The highest BCUT2D eigenvalue weighted by Crippen LogP contribution is 2.22. The van der Waals surface area contributed by atoms with E-state index in [2.05, 4.69) is 13.8 Å². The molecular formula is C21H42O7. The van der Waals surface area contributed by atoms with E-state index >= 15 is 0 Å². The van der Waals surface area contributed by atoms with Crippen LogP contribution in [0.4, 0.5) is 4.79 Å². The van der Waals surface area contributed by atoms with Crippen molar-refractivity contribution in [1.82, 2.24) is 0 Å². The summed E-state index contributed by atoms with van der Waals surface area (Å²) >= 11 is 0. The summed E-state index contributed by atoms with van der Waals surface area (Å²) in [5, 5.41) is 0. The molecule has 0 fully saturated rings. The summed E-state index contributed by atoms with van der Waals surface area (Å²) in [7, 11) is 0. The first-order valence-electron chi connectivity index (χ1n) is 10.4. The molecule has 0 amide bonds. The maximum absolute atomic E-state index is 12.3. The Kier molecular flexibility index (Phi) is 12.2. The molecule has 7 heteroatoms. The van der Waals surface area contributed by atoms with E-state index < -0.39 is 29.9 Å². The summed E-state index contributed by atoms with van der Waals surface area (Å²) in [4.78, 5) is 34.0. The molecule has 0 rings (SSSR count). The zero-order valence-electron chi connectivity index (χ0n) is 19.5. The van der Waals surface area contributed by atoms with Gasteiger partial charge in [-0.15, -0.1) is 0 Å². The van der Waals surface area contributed by atoms with E-state index in [9.17, 15) is 4.79 Å². The third-order valence-electron chi connectivity index (χ3n) is 3.95. The van der Waals surface area contributed by atoms with Gasteiger partial charge in [-0.2, -0.15) is 9.78 Å². The molecule has 0 N–H and O–H groups in total. The van der Waals surface area contributed by atoms with Crippen LogP contribution in [0.5, 0.6) is 0 Å². The molecule has 7 nitrogen and oxygen atoms in total. The third-order valence-corrected chi connectivity index (χ3v) is 3.95. The number of hydrogen-bond donors (Lipinski definition) is 0. The first-order chi connectivity index (χ1) is 12.8. The standard InChI is InChI=1S/C21H42O7/c1-11-13-20(7,8)27-25-17(15(3)4)23-19(22)24-18(16(5)6)26-28-21(9,10)14-12-2/h15-18H,11-14H2,1-10H3. The van der Waals surface area contributed by atoms with Crippen LogP contribution in [0.25, 0.3) is 0 Å². The predicted molar refractivity (Wildman–Crippen MR) is 107 cm³/mol. The molecule has 0 saturated carbocycles. The maximum atomic E-state index is 12.3. The zero-order valence-corrected chi connectivity index (χ0v) is 19.5. The summed E-state index contributed by atoms with van der Waals surface area (Å²) in [6.07, 6.45) is 0.849. The monoisotopic (exact) mass is 406 g/mol. The average molecular weight is 407 g/mol. The second-order valence-electron chi connectivity index (χ2n) is 9.09. The lowest BCUT2D eigenvalue weighted by Crippen LogP contribution is -2.36. The lowest BCUT2D eigenvalue weighted by atomic mass is 10.0. The second-order valence-corrected chi connectivity index (χ2v) is 9.09. The fourth-order valence-electron chi connectivity index (χ4n) is 2.39. The molecule has 0 aliphatic rings. The van der Waals surface area contributed by atoms with Crippen molar-refractivity contribution in [3.05, 3.63) is 0 Å². The number of carbonyl (C=O) groups is 1. The SMILES string of the molecule is CCCC(C)(C)OOC(OC(=O)OC(OOC(C)(C)CCC)C(C)C)C(C)C. The predicted octanol–water partition coefficient (Wildman–Crippen LogP) is 6.16. The van der Waals surface area contributed by atoms with Gasteiger partial charge in [-0.1, -0.05) is 54.4 Å². The van der Waals surface area contributed by atoms with Gasteiger partial charge in [-0.25, -0.2) is 14.6 Å². The van der Waals surface area contributed by atoms with Crippen LogP contribution in [0.15, 0.2) is 0 Å². The van der Waals surface area contributed by atoms with Crippen molar-refractivity contribution < 1.29 is 33.8 Å². The summed E-state index contributed by atoms with van der Waals surface area (Å²) in [5.74, 6) is -0.244. The van der Waals surface area contributed by atoms with Crippen LogP contribution < -0.4 is 0 Å². The number of rotatable bonds is 14. The molecule has 0 aromatic heterocycles. The van der Waals surface area contributed by atoms with Crippen LogP contribution in [0.2, 0.25) is 0 Å². The van der Waals surface area contributed by atoms with Gasteiger partial charge in [0, 0.05) is 11.8 Å². The van der Waals surface area contributed by atoms with Gasteiger partial charge in [-0.05, 0) is 40.5 Å². The van der Waals surface area contributed by atoms with Crippen LogP contribution in [0.3, 0.4) is 0 Å². The van der Waals surface area contributed by atoms with Crippen molar-refractivity contribution in [1.29, 1.82) is 0 Å². The van der Waals surface area contributed by atoms with E-state index in [0.717, 1.165) is 25.7 Å². The van der Waals surface area contributed by atoms with Crippen molar-refractivity contribution >= 4 is 6.16 Å². The van der Waals surface area contributed by atoms with Gasteiger partial charge in [0.15, 0.2) is 0 Å². The molecule has 0 aliphatic heterocycles. The van der Waals surface area contributed by atoms with Crippen LogP contribution in [-0.2, 0) is 29.0 Å². The Balaban J connectivity index is 4.74. The molecular weight excluding hydrogens is 364 g/mol. The highest BCUT2D eigenvalue weighted by atomic mass is 17.2. The molecule has 0 aromatic rings. The Morgan fingerprint density at radius 3 is 1.29 bits per heavy atom. The topological polar surface area (TPSA) is 72.5 Å². The van der Waals surface area contributed by atoms with Crippen molar-refractivity contribution in [2.45, 2.75) is 119 Å². The van der Waals surface area contributed by atoms with Crippen LogP contribution in [0.1, 0.15) is 94.9 Å². The number of ether oxygens (including phenoxy) is 2. The van der Waals surface area contributed by atoms with Gasteiger partial charge in [0.25, 0.3) is 0 Å². The zero-order chi connectivity index (χ0) is 22.0. The molecule has 168 valence electrons. The quantitative estimate of drug-likeness (QED) is 0.148. The summed E-state index contributed by atoms with van der Waals surface area (Å²) in [6, 6.07) is 0. The Bertz CT molecular complexity index is 394. The van der Waals surface area contributed by atoms with Crippen molar-refractivity contribution in [2.24, 2.45) is 11.8 Å². The van der Waals surface area contributed by atoms with Gasteiger partial charge in [-0.3, -0.25) is 0 Å². The molecule has 28 heavy (non-hydrogen) atoms. The van der Waals surface area contributed by atoms with Crippen molar-refractivity contribution in [3.8, 4) is 0 Å². The largest absolute Gasteiger partial charge is 0.513 e. The van der Waals surface area contributed by atoms with E-state index in [0.29, 0.717) is 0 Å². The molecule has 0 saturated heterocycles. The van der Waals surface area contributed by atoms with E-state index in [1.54, 1.807) is 0 Å². The molecule has 2 unspecified atom stereocenters. The maximum Gasteiger partial charge on any atom is 0.513 e. The minimum atomic E-state index is -0.897. The van der Waals surface area contributed by atoms with E-state index in [4.69, 9.17) is 29.0 Å². The van der Waals surface area contributed by atoms with Gasteiger partial charge >= 0.3 is 6.16 Å². The summed E-state index contributed by atoms with van der Waals surface area (Å²) < 4.78 is 10.6. The Hall–Kier alpha value is -0.890. The Morgan fingerprint density at radius 2 is 1.04 bits per heavy atom. The van der Waals surface area contributed by atoms with Crippen molar-refractivity contribution in [2.75, 3.05) is 0 Å². The van der Waals surface area contributed by atoms with E-state index in [1.807, 2.05) is 55.4 Å². The smallest absolute Gasteiger partial charge is 0.401 e. The number of carbonyl (C=O) groups excluding carboxylic acids is 1.